The number of nitrogens with one attached hydrogen (secondary N) is 1. The van der Waals surface area contributed by atoms with Crippen LogP contribution in [0.5, 0.6) is 5.75 Å². The Morgan fingerprint density at radius 1 is 1.04 bits per heavy atom. The Morgan fingerprint density at radius 3 is 2.33 bits per heavy atom. The van der Waals surface area contributed by atoms with Crippen LogP contribution in [0.3, 0.4) is 0 Å². The van der Waals surface area contributed by atoms with Gasteiger partial charge in [0.25, 0.3) is 5.69 Å². The van der Waals surface area contributed by atoms with Crippen LogP contribution in [0.1, 0.15) is 21.7 Å². The van der Waals surface area contributed by atoms with Crippen molar-refractivity contribution in [2.45, 2.75) is 13.8 Å². The summed E-state index contributed by atoms with van der Waals surface area (Å²) >= 11 is 0. The van der Waals surface area contributed by atoms with E-state index in [1.165, 1.54) is 24.3 Å². The molecule has 3 rings (SSSR count). The summed E-state index contributed by atoms with van der Waals surface area (Å²) in [5.74, 6) is 0.129. The lowest BCUT2D eigenvalue weighted by Gasteiger charge is -2.08. The Hall–Kier alpha value is -3.81. The van der Waals surface area contributed by atoms with Crippen LogP contribution in [-0.2, 0) is 0 Å². The highest BCUT2D eigenvalue weighted by Crippen LogP contribution is 2.20. The molecule has 0 unspecified atom stereocenters. The van der Waals surface area contributed by atoms with Crippen LogP contribution in [0, 0.1) is 24.0 Å². The van der Waals surface area contributed by atoms with Gasteiger partial charge in [-0.1, -0.05) is 6.07 Å². The molecule has 2 aromatic carbocycles. The number of esters is 1. The molecule has 0 spiro atoms. The summed E-state index contributed by atoms with van der Waals surface area (Å²) < 4.78 is 5.26. The van der Waals surface area contributed by atoms with Crippen molar-refractivity contribution in [1.29, 1.82) is 0 Å². The lowest BCUT2D eigenvalue weighted by Crippen LogP contribution is -2.08. The average Bonchev–Trinajstić information content (AvgIpc) is 2.62. The van der Waals surface area contributed by atoms with Gasteiger partial charge in [-0.05, 0) is 50.2 Å². The molecule has 0 aliphatic carbocycles. The SMILES string of the molecule is Cc1cc(C)nc(Nc2ccc(OC(=O)c3cccc([N+](=O)[O-])c3)cc2)n1. The fraction of sp³-hybridized carbons (Fsp3) is 0.105. The zero-order valence-corrected chi connectivity index (χ0v) is 14.7. The maximum atomic E-state index is 12.2. The summed E-state index contributed by atoms with van der Waals surface area (Å²) in [7, 11) is 0. The Labute approximate surface area is 155 Å². The van der Waals surface area contributed by atoms with E-state index in [2.05, 4.69) is 15.3 Å². The van der Waals surface area contributed by atoms with Crippen molar-refractivity contribution >= 4 is 23.3 Å². The van der Waals surface area contributed by atoms with Gasteiger partial charge in [0.05, 0.1) is 10.5 Å². The molecule has 8 heteroatoms. The molecular formula is C19H16N4O4. The van der Waals surface area contributed by atoms with E-state index in [1.54, 1.807) is 24.3 Å². The standard InChI is InChI=1S/C19H16N4O4/c1-12-10-13(2)21-19(20-12)22-15-6-8-17(9-7-15)27-18(24)14-4-3-5-16(11-14)23(25)26/h3-11H,1-2H3,(H,20,21,22). The third kappa shape index (κ3) is 4.63. The first-order valence-corrected chi connectivity index (χ1v) is 8.07. The van der Waals surface area contributed by atoms with Crippen molar-refractivity contribution in [2.24, 2.45) is 0 Å². The van der Waals surface area contributed by atoms with Gasteiger partial charge >= 0.3 is 5.97 Å². The first kappa shape index (κ1) is 18.0. The van der Waals surface area contributed by atoms with Crippen LogP contribution in [0.4, 0.5) is 17.3 Å². The van der Waals surface area contributed by atoms with Crippen LogP contribution < -0.4 is 10.1 Å². The Morgan fingerprint density at radius 2 is 1.70 bits per heavy atom. The minimum atomic E-state index is -0.669. The molecule has 1 N–H and O–H groups in total. The lowest BCUT2D eigenvalue weighted by molar-refractivity contribution is -0.384. The van der Waals surface area contributed by atoms with Gasteiger partial charge < -0.3 is 10.1 Å². The maximum Gasteiger partial charge on any atom is 0.343 e. The van der Waals surface area contributed by atoms with E-state index >= 15 is 0 Å². The molecule has 0 radical (unpaired) electrons. The third-order valence-corrected chi connectivity index (χ3v) is 3.60. The van der Waals surface area contributed by atoms with E-state index in [9.17, 15) is 14.9 Å². The van der Waals surface area contributed by atoms with Crippen molar-refractivity contribution in [1.82, 2.24) is 9.97 Å². The number of carbonyl (C=O) groups is 1. The number of carbonyl (C=O) groups excluding carboxylic acids is 1. The first-order valence-electron chi connectivity index (χ1n) is 8.07. The number of aryl methyl sites for hydroxylation is 2. The zero-order chi connectivity index (χ0) is 19.4. The second-order valence-electron chi connectivity index (χ2n) is 5.82. The highest BCUT2D eigenvalue weighted by molar-refractivity contribution is 5.91. The molecule has 0 saturated heterocycles. The number of non-ortho nitro benzene ring substituents is 1. The number of hydrogen-bond donors (Lipinski definition) is 1. The van der Waals surface area contributed by atoms with Gasteiger partial charge in [0, 0.05) is 29.2 Å². The average molecular weight is 364 g/mol. The topological polar surface area (TPSA) is 107 Å². The number of nitro groups is 1. The van der Waals surface area contributed by atoms with Gasteiger partial charge in [0.1, 0.15) is 5.75 Å². The number of hydrogen-bond acceptors (Lipinski definition) is 7. The molecule has 0 aliphatic heterocycles. The maximum absolute atomic E-state index is 12.2. The number of aromatic nitrogens is 2. The van der Waals surface area contributed by atoms with E-state index in [0.29, 0.717) is 11.7 Å². The van der Waals surface area contributed by atoms with Crippen molar-refractivity contribution < 1.29 is 14.5 Å². The molecular weight excluding hydrogens is 348 g/mol. The molecule has 0 fully saturated rings. The van der Waals surface area contributed by atoms with Crippen LogP contribution in [0.2, 0.25) is 0 Å². The molecule has 1 aromatic heterocycles. The molecule has 0 aliphatic rings. The summed E-state index contributed by atoms with van der Waals surface area (Å²) in [6.45, 7) is 3.77. The monoisotopic (exact) mass is 364 g/mol. The second-order valence-corrected chi connectivity index (χ2v) is 5.82. The highest BCUT2D eigenvalue weighted by Gasteiger charge is 2.13. The summed E-state index contributed by atoms with van der Waals surface area (Å²) in [4.78, 5) is 31.0. The van der Waals surface area contributed by atoms with Crippen molar-refractivity contribution in [3.63, 3.8) is 0 Å². The molecule has 8 nitrogen and oxygen atoms in total. The molecule has 136 valence electrons. The molecule has 27 heavy (non-hydrogen) atoms. The first-order chi connectivity index (χ1) is 12.9. The summed E-state index contributed by atoms with van der Waals surface area (Å²) in [6.07, 6.45) is 0. The smallest absolute Gasteiger partial charge is 0.343 e. The summed E-state index contributed by atoms with van der Waals surface area (Å²) in [5.41, 5.74) is 2.38. The van der Waals surface area contributed by atoms with Crippen LogP contribution in [0.25, 0.3) is 0 Å². The van der Waals surface area contributed by atoms with Gasteiger partial charge in [0.15, 0.2) is 0 Å². The molecule has 3 aromatic rings. The Bertz CT molecular complexity index is 983. The van der Waals surface area contributed by atoms with Crippen LogP contribution >= 0.6 is 0 Å². The zero-order valence-electron chi connectivity index (χ0n) is 14.7. The van der Waals surface area contributed by atoms with Gasteiger partial charge in [-0.2, -0.15) is 0 Å². The lowest BCUT2D eigenvalue weighted by atomic mass is 10.2. The van der Waals surface area contributed by atoms with E-state index < -0.39 is 10.9 Å². The molecule has 0 bridgehead atoms. The summed E-state index contributed by atoms with van der Waals surface area (Å²) in [6, 6.07) is 13.9. The van der Waals surface area contributed by atoms with Crippen LogP contribution in [0.15, 0.2) is 54.6 Å². The number of anilines is 2. The Balaban J connectivity index is 1.69. The summed E-state index contributed by atoms with van der Waals surface area (Å²) in [5, 5.41) is 13.9. The predicted octanol–water partition coefficient (Wildman–Crippen LogP) is 3.96. The van der Waals surface area contributed by atoms with Gasteiger partial charge in [-0.25, -0.2) is 14.8 Å². The van der Waals surface area contributed by atoms with Gasteiger partial charge in [0.2, 0.25) is 5.95 Å². The molecule has 0 amide bonds. The number of ether oxygens (including phenoxy) is 1. The molecule has 1 heterocycles. The molecule has 0 atom stereocenters. The number of nitrogens with zero attached hydrogens (tertiary/aromatic N) is 3. The van der Waals surface area contributed by atoms with Crippen molar-refractivity contribution in [3.05, 3.63) is 81.7 Å². The molecule has 0 saturated carbocycles. The van der Waals surface area contributed by atoms with E-state index in [4.69, 9.17) is 4.74 Å². The quantitative estimate of drug-likeness (QED) is 0.316. The fourth-order valence-electron chi connectivity index (χ4n) is 2.43. The Kier molecular flexibility index (Phi) is 5.07. The third-order valence-electron chi connectivity index (χ3n) is 3.60. The van der Waals surface area contributed by atoms with E-state index in [0.717, 1.165) is 17.1 Å². The van der Waals surface area contributed by atoms with E-state index in [1.807, 2.05) is 19.9 Å². The van der Waals surface area contributed by atoms with Crippen molar-refractivity contribution in [3.8, 4) is 5.75 Å². The van der Waals surface area contributed by atoms with Gasteiger partial charge in [-0.3, -0.25) is 10.1 Å². The normalized spacial score (nSPS) is 10.3. The van der Waals surface area contributed by atoms with Crippen molar-refractivity contribution in [2.75, 3.05) is 5.32 Å². The largest absolute Gasteiger partial charge is 0.423 e. The number of rotatable bonds is 5. The second kappa shape index (κ2) is 7.61. The van der Waals surface area contributed by atoms with Crippen LogP contribution in [-0.4, -0.2) is 20.9 Å². The number of benzene rings is 2. The van der Waals surface area contributed by atoms with E-state index in [-0.39, 0.29) is 11.3 Å². The minimum Gasteiger partial charge on any atom is -0.423 e. The predicted molar refractivity (Wildman–Crippen MR) is 99.3 cm³/mol. The fourth-order valence-corrected chi connectivity index (χ4v) is 2.43. The highest BCUT2D eigenvalue weighted by atomic mass is 16.6. The number of nitro benzene ring substituents is 1. The van der Waals surface area contributed by atoms with Gasteiger partial charge in [-0.15, -0.1) is 0 Å². The minimum absolute atomic E-state index is 0.107.